The van der Waals surface area contributed by atoms with Crippen LogP contribution in [-0.4, -0.2) is 30.6 Å². The monoisotopic (exact) mass is 276 g/mol. The van der Waals surface area contributed by atoms with Crippen molar-refractivity contribution in [2.24, 2.45) is 0 Å². The number of halogens is 1. The van der Waals surface area contributed by atoms with Gasteiger partial charge in [-0.2, -0.15) is 5.26 Å². The summed E-state index contributed by atoms with van der Waals surface area (Å²) >= 11 is 0. The highest BCUT2D eigenvalue weighted by molar-refractivity contribution is 5.75. The van der Waals surface area contributed by atoms with Crippen molar-refractivity contribution in [2.75, 3.05) is 13.7 Å². The summed E-state index contributed by atoms with van der Waals surface area (Å²) in [7, 11) is 1.38. The van der Waals surface area contributed by atoms with Crippen molar-refractivity contribution in [1.29, 1.82) is 5.26 Å². The zero-order valence-corrected chi connectivity index (χ0v) is 11.4. The Kier molecular flexibility index (Phi) is 4.70. The molecule has 0 spiro atoms. The molecule has 0 saturated carbocycles. The van der Waals surface area contributed by atoms with Gasteiger partial charge in [0.25, 0.3) is 0 Å². The van der Waals surface area contributed by atoms with Crippen LogP contribution in [0.4, 0.5) is 4.39 Å². The fraction of sp³-hybridized carbons (Fsp3) is 0.467. The second-order valence-corrected chi connectivity index (χ2v) is 4.97. The Balaban J connectivity index is 2.16. The van der Waals surface area contributed by atoms with E-state index in [1.165, 1.54) is 19.2 Å². The number of carbonyl (C=O) groups excluding carboxylic acids is 1. The molecule has 1 aliphatic heterocycles. The van der Waals surface area contributed by atoms with Gasteiger partial charge >= 0.3 is 5.97 Å². The van der Waals surface area contributed by atoms with Gasteiger partial charge in [-0.1, -0.05) is 6.42 Å². The minimum absolute atomic E-state index is 0.249. The lowest BCUT2D eigenvalue weighted by molar-refractivity contribution is -0.148. The van der Waals surface area contributed by atoms with Crippen molar-refractivity contribution in [3.05, 3.63) is 35.1 Å². The summed E-state index contributed by atoms with van der Waals surface area (Å²) < 4.78 is 18.2. The molecule has 1 fully saturated rings. The number of ether oxygens (including phenoxy) is 1. The predicted molar refractivity (Wildman–Crippen MR) is 71.2 cm³/mol. The van der Waals surface area contributed by atoms with Gasteiger partial charge in [-0.25, -0.2) is 4.39 Å². The number of hydrogen-bond acceptors (Lipinski definition) is 4. The summed E-state index contributed by atoms with van der Waals surface area (Å²) in [4.78, 5) is 13.8. The molecule has 20 heavy (non-hydrogen) atoms. The van der Waals surface area contributed by atoms with Gasteiger partial charge in [0.15, 0.2) is 0 Å². The van der Waals surface area contributed by atoms with Gasteiger partial charge in [-0.05, 0) is 43.1 Å². The van der Waals surface area contributed by atoms with E-state index in [1.807, 2.05) is 11.0 Å². The van der Waals surface area contributed by atoms with Crippen LogP contribution in [0.3, 0.4) is 0 Å². The maximum Gasteiger partial charge on any atom is 0.323 e. The zero-order chi connectivity index (χ0) is 14.5. The van der Waals surface area contributed by atoms with E-state index >= 15 is 0 Å². The molecular weight excluding hydrogens is 259 g/mol. The smallest absolute Gasteiger partial charge is 0.323 e. The number of carbonyl (C=O) groups is 1. The van der Waals surface area contributed by atoms with Crippen LogP contribution < -0.4 is 0 Å². The van der Waals surface area contributed by atoms with Crippen molar-refractivity contribution in [3.8, 4) is 6.07 Å². The third kappa shape index (κ3) is 3.34. The summed E-state index contributed by atoms with van der Waals surface area (Å²) in [5.74, 6) is -0.674. The Hall–Kier alpha value is -1.93. The van der Waals surface area contributed by atoms with Crippen molar-refractivity contribution < 1.29 is 13.9 Å². The lowest BCUT2D eigenvalue weighted by Crippen LogP contribution is -2.44. The van der Waals surface area contributed by atoms with Gasteiger partial charge in [0.05, 0.1) is 18.7 Å². The minimum atomic E-state index is -0.425. The number of nitrogens with zero attached hydrogens (tertiary/aromatic N) is 2. The molecule has 1 heterocycles. The molecule has 0 aromatic heterocycles. The average molecular weight is 276 g/mol. The van der Waals surface area contributed by atoms with Gasteiger partial charge in [0, 0.05) is 6.54 Å². The van der Waals surface area contributed by atoms with Crippen molar-refractivity contribution in [3.63, 3.8) is 0 Å². The molecule has 0 aliphatic carbocycles. The molecule has 2 rings (SSSR count). The molecule has 0 amide bonds. The summed E-state index contributed by atoms with van der Waals surface area (Å²) in [6.07, 6.45) is 2.75. The van der Waals surface area contributed by atoms with Gasteiger partial charge < -0.3 is 4.74 Å². The molecule has 1 aromatic carbocycles. The van der Waals surface area contributed by atoms with Gasteiger partial charge in [-0.3, -0.25) is 9.69 Å². The Morgan fingerprint density at radius 3 is 3.00 bits per heavy atom. The van der Waals surface area contributed by atoms with Crippen LogP contribution in [-0.2, 0) is 16.1 Å². The molecule has 0 bridgehead atoms. The summed E-state index contributed by atoms with van der Waals surface area (Å²) in [5.41, 5.74) is 1.00. The van der Waals surface area contributed by atoms with E-state index < -0.39 is 5.82 Å². The van der Waals surface area contributed by atoms with E-state index in [-0.39, 0.29) is 12.0 Å². The van der Waals surface area contributed by atoms with Crippen LogP contribution in [0.25, 0.3) is 0 Å². The van der Waals surface area contributed by atoms with Crippen molar-refractivity contribution >= 4 is 5.97 Å². The van der Waals surface area contributed by atoms with Crippen LogP contribution in [0, 0.1) is 17.1 Å². The van der Waals surface area contributed by atoms with Gasteiger partial charge in [0.2, 0.25) is 0 Å². The molecule has 4 nitrogen and oxygen atoms in total. The highest BCUT2D eigenvalue weighted by Gasteiger charge is 2.29. The maximum atomic E-state index is 13.4. The number of methoxy groups -OCH3 is 1. The van der Waals surface area contributed by atoms with Crippen molar-refractivity contribution in [2.45, 2.75) is 31.8 Å². The third-order valence-electron chi connectivity index (χ3n) is 3.56. The Morgan fingerprint density at radius 1 is 1.50 bits per heavy atom. The third-order valence-corrected chi connectivity index (χ3v) is 3.56. The highest BCUT2D eigenvalue weighted by Crippen LogP contribution is 2.21. The standard InChI is InChI=1S/C15H17FN2O2/c1-20-15(19)14-4-2-3-5-18(14)10-12-6-11(9-17)7-13(16)8-12/h6-8,14H,2-5,10H2,1H3. The Labute approximate surface area is 117 Å². The topological polar surface area (TPSA) is 53.3 Å². The maximum absolute atomic E-state index is 13.4. The van der Waals surface area contributed by atoms with E-state index in [0.29, 0.717) is 17.7 Å². The fourth-order valence-electron chi connectivity index (χ4n) is 2.62. The van der Waals surface area contributed by atoms with Crippen LogP contribution in [0.5, 0.6) is 0 Å². The predicted octanol–water partition coefficient (Wildman–Crippen LogP) is 2.22. The molecule has 0 N–H and O–H groups in total. The zero-order valence-electron chi connectivity index (χ0n) is 11.4. The number of benzene rings is 1. The van der Waals surface area contributed by atoms with E-state index in [0.717, 1.165) is 25.8 Å². The van der Waals surface area contributed by atoms with E-state index in [9.17, 15) is 9.18 Å². The van der Waals surface area contributed by atoms with Crippen LogP contribution in [0.2, 0.25) is 0 Å². The number of nitriles is 1. The Bertz CT molecular complexity index is 539. The van der Waals surface area contributed by atoms with E-state index in [2.05, 4.69) is 0 Å². The van der Waals surface area contributed by atoms with Crippen LogP contribution >= 0.6 is 0 Å². The number of piperidine rings is 1. The molecule has 1 aromatic rings. The first-order valence-corrected chi connectivity index (χ1v) is 6.65. The van der Waals surface area contributed by atoms with Gasteiger partial charge in [0.1, 0.15) is 11.9 Å². The molecule has 5 heteroatoms. The first kappa shape index (κ1) is 14.5. The number of likely N-dealkylation sites (tertiary alicyclic amines) is 1. The second kappa shape index (κ2) is 6.49. The number of hydrogen-bond donors (Lipinski definition) is 0. The van der Waals surface area contributed by atoms with E-state index in [1.54, 1.807) is 6.07 Å². The number of esters is 1. The first-order valence-electron chi connectivity index (χ1n) is 6.65. The molecule has 0 radical (unpaired) electrons. The Morgan fingerprint density at radius 2 is 2.30 bits per heavy atom. The SMILES string of the molecule is COC(=O)C1CCCCN1Cc1cc(F)cc(C#N)c1. The summed E-state index contributed by atoms with van der Waals surface area (Å²) in [5, 5.41) is 8.87. The fourth-order valence-corrected chi connectivity index (χ4v) is 2.62. The molecule has 1 unspecified atom stereocenters. The molecular formula is C15H17FN2O2. The average Bonchev–Trinajstić information content (AvgIpc) is 2.46. The first-order chi connectivity index (χ1) is 9.63. The molecule has 106 valence electrons. The van der Waals surface area contributed by atoms with Crippen LogP contribution in [0.15, 0.2) is 18.2 Å². The molecule has 1 aliphatic rings. The van der Waals surface area contributed by atoms with E-state index in [4.69, 9.17) is 10.00 Å². The summed E-state index contributed by atoms with van der Waals surface area (Å²) in [6.45, 7) is 1.23. The summed E-state index contributed by atoms with van der Waals surface area (Å²) in [6, 6.07) is 5.94. The lowest BCUT2D eigenvalue weighted by atomic mass is 10.0. The van der Waals surface area contributed by atoms with Gasteiger partial charge in [-0.15, -0.1) is 0 Å². The largest absolute Gasteiger partial charge is 0.468 e. The quantitative estimate of drug-likeness (QED) is 0.794. The second-order valence-electron chi connectivity index (χ2n) is 4.97. The lowest BCUT2D eigenvalue weighted by Gasteiger charge is -2.33. The normalized spacial score (nSPS) is 19.4. The number of rotatable bonds is 3. The van der Waals surface area contributed by atoms with Crippen LogP contribution in [0.1, 0.15) is 30.4 Å². The highest BCUT2D eigenvalue weighted by atomic mass is 19.1. The molecule has 1 atom stereocenters. The minimum Gasteiger partial charge on any atom is -0.468 e. The van der Waals surface area contributed by atoms with Crippen molar-refractivity contribution in [1.82, 2.24) is 4.90 Å². The molecule has 1 saturated heterocycles.